The van der Waals surface area contributed by atoms with E-state index in [0.717, 1.165) is 29.9 Å². The molecule has 1 fully saturated rings. The molecule has 1 aromatic carbocycles. The Morgan fingerprint density at radius 3 is 2.24 bits per heavy atom. The number of Topliss-reactive ketones (excluding diaryl/α,β-unsaturated/α-hetero) is 1. The third-order valence-corrected chi connectivity index (χ3v) is 5.29. The SMILES string of the molecule is CCCCC1CCC(C(=O)c2cc(C)c(C)cc2C)CC1. The Labute approximate surface area is 130 Å². The van der Waals surface area contributed by atoms with E-state index in [1.807, 2.05) is 0 Å². The molecule has 0 radical (unpaired) electrons. The highest BCUT2D eigenvalue weighted by atomic mass is 16.1. The maximum absolute atomic E-state index is 12.8. The topological polar surface area (TPSA) is 17.1 Å². The monoisotopic (exact) mass is 286 g/mol. The average molecular weight is 286 g/mol. The lowest BCUT2D eigenvalue weighted by atomic mass is 9.76. The normalized spacial score (nSPS) is 22.3. The summed E-state index contributed by atoms with van der Waals surface area (Å²) in [6.45, 7) is 8.56. The highest BCUT2D eigenvalue weighted by molar-refractivity contribution is 5.99. The molecule has 0 aromatic heterocycles. The molecule has 0 saturated heterocycles. The molecule has 0 amide bonds. The molecule has 0 spiro atoms. The molecule has 1 aromatic rings. The molecule has 1 aliphatic rings. The van der Waals surface area contributed by atoms with Gasteiger partial charge < -0.3 is 0 Å². The van der Waals surface area contributed by atoms with Gasteiger partial charge in [-0.3, -0.25) is 4.79 Å². The molecule has 0 bridgehead atoms. The number of hydrogen-bond donors (Lipinski definition) is 0. The molecule has 2 rings (SSSR count). The Balaban J connectivity index is 2.00. The van der Waals surface area contributed by atoms with E-state index in [-0.39, 0.29) is 5.92 Å². The van der Waals surface area contributed by atoms with Crippen LogP contribution >= 0.6 is 0 Å². The first-order chi connectivity index (χ1) is 10.0. The largest absolute Gasteiger partial charge is 0.294 e. The quantitative estimate of drug-likeness (QED) is 0.626. The van der Waals surface area contributed by atoms with Crippen LogP contribution in [-0.4, -0.2) is 5.78 Å². The van der Waals surface area contributed by atoms with Gasteiger partial charge in [-0.05, 0) is 75.1 Å². The van der Waals surface area contributed by atoms with Crippen LogP contribution < -0.4 is 0 Å². The van der Waals surface area contributed by atoms with Crippen LogP contribution in [0.5, 0.6) is 0 Å². The van der Waals surface area contributed by atoms with Gasteiger partial charge in [-0.1, -0.05) is 32.3 Å². The zero-order chi connectivity index (χ0) is 15.4. The zero-order valence-electron chi connectivity index (χ0n) is 14.2. The zero-order valence-corrected chi connectivity index (χ0v) is 14.2. The lowest BCUT2D eigenvalue weighted by molar-refractivity contribution is 0.0868. The maximum Gasteiger partial charge on any atom is 0.166 e. The van der Waals surface area contributed by atoms with Crippen LogP contribution in [0.15, 0.2) is 12.1 Å². The number of benzene rings is 1. The van der Waals surface area contributed by atoms with Crippen LogP contribution in [0, 0.1) is 32.6 Å². The Morgan fingerprint density at radius 1 is 1.00 bits per heavy atom. The molecule has 21 heavy (non-hydrogen) atoms. The van der Waals surface area contributed by atoms with Crippen molar-refractivity contribution in [1.29, 1.82) is 0 Å². The average Bonchev–Trinajstić information content (AvgIpc) is 2.48. The number of unbranched alkanes of at least 4 members (excludes halogenated alkanes) is 1. The lowest BCUT2D eigenvalue weighted by Gasteiger charge is -2.28. The molecular formula is C20H30O. The van der Waals surface area contributed by atoms with Crippen molar-refractivity contribution >= 4 is 5.78 Å². The van der Waals surface area contributed by atoms with Crippen molar-refractivity contribution in [3.63, 3.8) is 0 Å². The molecule has 116 valence electrons. The van der Waals surface area contributed by atoms with Gasteiger partial charge in [0.05, 0.1) is 0 Å². The second-order valence-corrected chi connectivity index (χ2v) is 6.98. The summed E-state index contributed by atoms with van der Waals surface area (Å²) in [5, 5.41) is 0. The fraction of sp³-hybridized carbons (Fsp3) is 0.650. The maximum atomic E-state index is 12.8. The smallest absolute Gasteiger partial charge is 0.166 e. The van der Waals surface area contributed by atoms with Crippen molar-refractivity contribution < 1.29 is 4.79 Å². The van der Waals surface area contributed by atoms with Gasteiger partial charge in [0.1, 0.15) is 0 Å². The van der Waals surface area contributed by atoms with Gasteiger partial charge in [0.15, 0.2) is 5.78 Å². The summed E-state index contributed by atoms with van der Waals surface area (Å²) in [6.07, 6.45) is 8.69. The van der Waals surface area contributed by atoms with Crippen molar-refractivity contribution in [2.75, 3.05) is 0 Å². The summed E-state index contributed by atoms with van der Waals surface area (Å²) in [6, 6.07) is 4.27. The van der Waals surface area contributed by atoms with Gasteiger partial charge in [0.25, 0.3) is 0 Å². The third-order valence-electron chi connectivity index (χ3n) is 5.29. The summed E-state index contributed by atoms with van der Waals surface area (Å²) in [5.41, 5.74) is 4.64. The molecule has 1 aliphatic carbocycles. The molecule has 0 N–H and O–H groups in total. The van der Waals surface area contributed by atoms with Crippen LogP contribution in [0.2, 0.25) is 0 Å². The summed E-state index contributed by atoms with van der Waals surface area (Å²) in [4.78, 5) is 12.8. The van der Waals surface area contributed by atoms with Gasteiger partial charge in [-0.15, -0.1) is 0 Å². The highest BCUT2D eigenvalue weighted by Crippen LogP contribution is 2.34. The van der Waals surface area contributed by atoms with Gasteiger partial charge in [-0.25, -0.2) is 0 Å². The summed E-state index contributed by atoms with van der Waals surface area (Å²) in [7, 11) is 0. The van der Waals surface area contributed by atoms with Crippen LogP contribution in [0.3, 0.4) is 0 Å². The Kier molecular flexibility index (Phi) is 5.61. The number of carbonyl (C=O) groups is 1. The fourth-order valence-corrected chi connectivity index (χ4v) is 3.65. The van der Waals surface area contributed by atoms with Crippen LogP contribution in [-0.2, 0) is 0 Å². The van der Waals surface area contributed by atoms with E-state index in [0.29, 0.717) is 5.78 Å². The molecule has 0 unspecified atom stereocenters. The molecule has 0 atom stereocenters. The summed E-state index contributed by atoms with van der Waals surface area (Å²) >= 11 is 0. The van der Waals surface area contributed by atoms with Gasteiger partial charge >= 0.3 is 0 Å². The lowest BCUT2D eigenvalue weighted by Crippen LogP contribution is -2.22. The van der Waals surface area contributed by atoms with Crippen LogP contribution in [0.25, 0.3) is 0 Å². The number of ketones is 1. The van der Waals surface area contributed by atoms with Gasteiger partial charge in [-0.2, -0.15) is 0 Å². The first-order valence-corrected chi connectivity index (χ1v) is 8.65. The van der Waals surface area contributed by atoms with Crippen LogP contribution in [0.4, 0.5) is 0 Å². The minimum atomic E-state index is 0.267. The van der Waals surface area contributed by atoms with Crippen molar-refractivity contribution in [2.24, 2.45) is 11.8 Å². The van der Waals surface area contributed by atoms with E-state index >= 15 is 0 Å². The Morgan fingerprint density at radius 2 is 1.62 bits per heavy atom. The molecule has 1 saturated carbocycles. The molecule has 1 nitrogen and oxygen atoms in total. The van der Waals surface area contributed by atoms with Crippen molar-refractivity contribution in [3.05, 3.63) is 34.4 Å². The van der Waals surface area contributed by atoms with E-state index in [9.17, 15) is 4.79 Å². The summed E-state index contributed by atoms with van der Waals surface area (Å²) in [5.74, 6) is 1.53. The number of hydrogen-bond acceptors (Lipinski definition) is 1. The van der Waals surface area contributed by atoms with E-state index in [4.69, 9.17) is 0 Å². The standard InChI is InChI=1S/C20H30O/c1-5-6-7-17-8-10-18(11-9-17)20(21)19-13-15(3)14(2)12-16(19)4/h12-13,17-18H,5-11H2,1-4H3. The van der Waals surface area contributed by atoms with E-state index in [2.05, 4.69) is 39.8 Å². The van der Waals surface area contributed by atoms with E-state index in [1.165, 1.54) is 43.2 Å². The minimum absolute atomic E-state index is 0.267. The fourth-order valence-electron chi connectivity index (χ4n) is 3.65. The Hall–Kier alpha value is -1.11. The number of rotatable bonds is 5. The number of carbonyl (C=O) groups excluding carboxylic acids is 1. The molecule has 0 heterocycles. The molecule has 1 heteroatoms. The van der Waals surface area contributed by atoms with Gasteiger partial charge in [0, 0.05) is 11.5 Å². The summed E-state index contributed by atoms with van der Waals surface area (Å²) < 4.78 is 0. The Bertz CT molecular complexity index is 493. The van der Waals surface area contributed by atoms with Crippen molar-refractivity contribution in [2.45, 2.75) is 72.6 Å². The van der Waals surface area contributed by atoms with Crippen molar-refractivity contribution in [1.82, 2.24) is 0 Å². The predicted molar refractivity (Wildman–Crippen MR) is 90.0 cm³/mol. The van der Waals surface area contributed by atoms with E-state index in [1.54, 1.807) is 0 Å². The van der Waals surface area contributed by atoms with E-state index < -0.39 is 0 Å². The first kappa shape index (κ1) is 16.3. The van der Waals surface area contributed by atoms with Crippen LogP contribution in [0.1, 0.15) is 78.9 Å². The highest BCUT2D eigenvalue weighted by Gasteiger charge is 2.27. The minimum Gasteiger partial charge on any atom is -0.294 e. The van der Waals surface area contributed by atoms with Crippen molar-refractivity contribution in [3.8, 4) is 0 Å². The first-order valence-electron chi connectivity index (χ1n) is 8.65. The molecular weight excluding hydrogens is 256 g/mol. The molecule has 0 aliphatic heterocycles. The second kappa shape index (κ2) is 7.24. The second-order valence-electron chi connectivity index (χ2n) is 6.98. The predicted octanol–water partition coefficient (Wildman–Crippen LogP) is 5.79. The third kappa shape index (κ3) is 3.96. The number of aryl methyl sites for hydroxylation is 3. The van der Waals surface area contributed by atoms with Gasteiger partial charge in [0.2, 0.25) is 0 Å².